The zero-order valence-corrected chi connectivity index (χ0v) is 12.1. The average Bonchev–Trinajstić information content (AvgIpc) is 2.49. The average molecular weight is 285 g/mol. The van der Waals surface area contributed by atoms with E-state index in [-0.39, 0.29) is 5.91 Å². The van der Waals surface area contributed by atoms with E-state index in [1.54, 1.807) is 25.2 Å². The van der Waals surface area contributed by atoms with E-state index in [1.165, 1.54) is 0 Å². The van der Waals surface area contributed by atoms with Crippen molar-refractivity contribution < 1.29 is 9.53 Å². The number of hydrogen-bond acceptors (Lipinski definition) is 4. The summed E-state index contributed by atoms with van der Waals surface area (Å²) in [6.45, 7) is 2.56. The van der Waals surface area contributed by atoms with Gasteiger partial charge in [0.05, 0.1) is 18.0 Å². The van der Waals surface area contributed by atoms with E-state index < -0.39 is 0 Å². The van der Waals surface area contributed by atoms with Crippen LogP contribution >= 0.6 is 0 Å². The molecule has 5 heteroatoms. The van der Waals surface area contributed by atoms with Crippen LogP contribution in [0.15, 0.2) is 42.5 Å². The van der Waals surface area contributed by atoms with Gasteiger partial charge in [-0.25, -0.2) is 0 Å². The van der Waals surface area contributed by atoms with Gasteiger partial charge in [0.1, 0.15) is 5.75 Å². The minimum atomic E-state index is -0.161. The van der Waals surface area contributed by atoms with Crippen molar-refractivity contribution in [1.29, 1.82) is 0 Å². The Morgan fingerprint density at radius 2 is 2.05 bits per heavy atom. The van der Waals surface area contributed by atoms with Crippen LogP contribution in [-0.4, -0.2) is 19.6 Å². The van der Waals surface area contributed by atoms with Crippen molar-refractivity contribution in [3.05, 3.63) is 48.0 Å². The fourth-order valence-corrected chi connectivity index (χ4v) is 1.95. The van der Waals surface area contributed by atoms with Crippen molar-refractivity contribution in [3.8, 4) is 5.75 Å². The first kappa shape index (κ1) is 14.7. The van der Waals surface area contributed by atoms with Crippen LogP contribution in [0.1, 0.15) is 17.3 Å². The lowest BCUT2D eigenvalue weighted by molar-refractivity contribution is 0.0963. The first-order chi connectivity index (χ1) is 10.1. The van der Waals surface area contributed by atoms with Gasteiger partial charge in [-0.2, -0.15) is 0 Å². The van der Waals surface area contributed by atoms with Crippen molar-refractivity contribution in [1.82, 2.24) is 5.32 Å². The molecule has 0 heterocycles. The van der Waals surface area contributed by atoms with E-state index >= 15 is 0 Å². The third-order valence-corrected chi connectivity index (χ3v) is 2.96. The third-order valence-electron chi connectivity index (χ3n) is 2.96. The quantitative estimate of drug-likeness (QED) is 0.738. The Hall–Kier alpha value is -2.69. The molecule has 1 amide bonds. The second-order valence-electron chi connectivity index (χ2n) is 4.47. The maximum atomic E-state index is 11.5. The molecule has 0 aliphatic heterocycles. The van der Waals surface area contributed by atoms with Crippen LogP contribution in [0.3, 0.4) is 0 Å². The number of nitrogens with two attached hydrogens (primary N) is 1. The van der Waals surface area contributed by atoms with Crippen LogP contribution < -0.4 is 21.1 Å². The third kappa shape index (κ3) is 3.66. The number of rotatable bonds is 5. The lowest BCUT2D eigenvalue weighted by Gasteiger charge is -2.12. The molecule has 0 aromatic heterocycles. The van der Waals surface area contributed by atoms with Crippen LogP contribution in [0.25, 0.3) is 0 Å². The van der Waals surface area contributed by atoms with Crippen molar-refractivity contribution in [3.63, 3.8) is 0 Å². The number of amides is 1. The summed E-state index contributed by atoms with van der Waals surface area (Å²) < 4.78 is 5.46. The van der Waals surface area contributed by atoms with E-state index in [9.17, 15) is 4.79 Å². The van der Waals surface area contributed by atoms with E-state index in [4.69, 9.17) is 10.5 Å². The molecule has 0 aliphatic carbocycles. The van der Waals surface area contributed by atoms with Gasteiger partial charge in [-0.3, -0.25) is 4.79 Å². The topological polar surface area (TPSA) is 76.4 Å². The molecule has 0 saturated heterocycles. The Balaban J connectivity index is 2.19. The van der Waals surface area contributed by atoms with Gasteiger partial charge in [0, 0.05) is 24.4 Å². The van der Waals surface area contributed by atoms with Crippen molar-refractivity contribution >= 4 is 23.0 Å². The summed E-state index contributed by atoms with van der Waals surface area (Å²) in [6.07, 6.45) is 0. The molecule has 2 aromatic rings. The molecule has 4 N–H and O–H groups in total. The zero-order valence-electron chi connectivity index (χ0n) is 12.1. The van der Waals surface area contributed by atoms with Crippen LogP contribution in [0.2, 0.25) is 0 Å². The number of nitrogen functional groups attached to an aromatic ring is 1. The number of ether oxygens (including phenoxy) is 1. The van der Waals surface area contributed by atoms with Crippen molar-refractivity contribution in [2.75, 3.05) is 24.7 Å². The van der Waals surface area contributed by atoms with Gasteiger partial charge in [0.2, 0.25) is 0 Å². The molecule has 0 unspecified atom stereocenters. The predicted molar refractivity (Wildman–Crippen MR) is 85.1 cm³/mol. The molecule has 0 bridgehead atoms. The summed E-state index contributed by atoms with van der Waals surface area (Å²) in [6, 6.07) is 12.8. The number of benzene rings is 2. The first-order valence-electron chi connectivity index (χ1n) is 6.75. The molecule has 21 heavy (non-hydrogen) atoms. The van der Waals surface area contributed by atoms with E-state index in [0.717, 1.165) is 17.1 Å². The Kier molecular flexibility index (Phi) is 4.66. The van der Waals surface area contributed by atoms with E-state index in [2.05, 4.69) is 10.6 Å². The van der Waals surface area contributed by atoms with Crippen molar-refractivity contribution in [2.24, 2.45) is 0 Å². The second kappa shape index (κ2) is 6.65. The summed E-state index contributed by atoms with van der Waals surface area (Å²) in [5.74, 6) is 0.634. The summed E-state index contributed by atoms with van der Waals surface area (Å²) >= 11 is 0. The molecule has 2 aromatic carbocycles. The first-order valence-corrected chi connectivity index (χ1v) is 6.75. The number of carbonyl (C=O) groups excluding carboxylic acids is 1. The lowest BCUT2D eigenvalue weighted by atomic mass is 10.1. The van der Waals surface area contributed by atoms with Crippen molar-refractivity contribution in [2.45, 2.75) is 6.92 Å². The van der Waals surface area contributed by atoms with Crippen LogP contribution in [0.4, 0.5) is 17.1 Å². The van der Waals surface area contributed by atoms with Gasteiger partial charge in [-0.15, -0.1) is 0 Å². The minimum absolute atomic E-state index is 0.161. The Bertz CT molecular complexity index is 641. The summed E-state index contributed by atoms with van der Waals surface area (Å²) in [5, 5.41) is 5.79. The van der Waals surface area contributed by atoms with Gasteiger partial charge in [-0.05, 0) is 37.3 Å². The van der Waals surface area contributed by atoms with Crippen LogP contribution in [0, 0.1) is 0 Å². The molecule has 110 valence electrons. The van der Waals surface area contributed by atoms with Gasteiger partial charge < -0.3 is 21.1 Å². The molecular formula is C16H19N3O2. The zero-order chi connectivity index (χ0) is 15.2. The maximum absolute atomic E-state index is 11.5. The minimum Gasteiger partial charge on any atom is -0.494 e. The van der Waals surface area contributed by atoms with Gasteiger partial charge in [0.15, 0.2) is 0 Å². The van der Waals surface area contributed by atoms with Gasteiger partial charge >= 0.3 is 0 Å². The fraction of sp³-hybridized carbons (Fsp3) is 0.188. The number of hydrogen-bond donors (Lipinski definition) is 3. The molecular weight excluding hydrogens is 266 g/mol. The van der Waals surface area contributed by atoms with Crippen LogP contribution in [-0.2, 0) is 0 Å². The lowest BCUT2D eigenvalue weighted by Crippen LogP contribution is -2.17. The molecule has 0 radical (unpaired) electrons. The SMILES string of the molecule is CCOc1cccc(Nc2ccc(C(=O)NC)cc2N)c1. The molecule has 2 rings (SSSR count). The Labute approximate surface area is 124 Å². The summed E-state index contributed by atoms with van der Waals surface area (Å²) in [4.78, 5) is 11.5. The normalized spacial score (nSPS) is 10.0. The Morgan fingerprint density at radius 3 is 2.71 bits per heavy atom. The van der Waals surface area contributed by atoms with Gasteiger partial charge in [0.25, 0.3) is 5.91 Å². The number of carbonyl (C=O) groups is 1. The highest BCUT2D eigenvalue weighted by Crippen LogP contribution is 2.26. The van der Waals surface area contributed by atoms with Crippen LogP contribution in [0.5, 0.6) is 5.75 Å². The molecule has 0 saturated carbocycles. The highest BCUT2D eigenvalue weighted by atomic mass is 16.5. The highest BCUT2D eigenvalue weighted by molar-refractivity contribution is 5.96. The molecule has 0 fully saturated rings. The monoisotopic (exact) mass is 285 g/mol. The molecule has 5 nitrogen and oxygen atoms in total. The highest BCUT2D eigenvalue weighted by Gasteiger charge is 2.07. The van der Waals surface area contributed by atoms with E-state index in [1.807, 2.05) is 31.2 Å². The largest absolute Gasteiger partial charge is 0.494 e. The smallest absolute Gasteiger partial charge is 0.251 e. The van der Waals surface area contributed by atoms with E-state index in [0.29, 0.717) is 17.9 Å². The predicted octanol–water partition coefficient (Wildman–Crippen LogP) is 2.77. The standard InChI is InChI=1S/C16H19N3O2/c1-3-21-13-6-4-5-12(10-13)19-15-8-7-11(9-14(15)17)16(20)18-2/h4-10,19H,3,17H2,1-2H3,(H,18,20). The number of anilines is 3. The summed E-state index contributed by atoms with van der Waals surface area (Å²) in [5.41, 5.74) is 8.65. The molecule has 0 aliphatic rings. The maximum Gasteiger partial charge on any atom is 0.251 e. The molecule has 0 spiro atoms. The fourth-order valence-electron chi connectivity index (χ4n) is 1.95. The Morgan fingerprint density at radius 1 is 1.24 bits per heavy atom. The number of nitrogens with one attached hydrogen (secondary N) is 2. The molecule has 0 atom stereocenters. The van der Waals surface area contributed by atoms with Gasteiger partial charge in [-0.1, -0.05) is 6.07 Å². The second-order valence-corrected chi connectivity index (χ2v) is 4.47. The summed E-state index contributed by atoms with van der Waals surface area (Å²) in [7, 11) is 1.59.